The van der Waals surface area contributed by atoms with Crippen molar-refractivity contribution in [3.63, 3.8) is 0 Å². The van der Waals surface area contributed by atoms with Gasteiger partial charge in [0.2, 0.25) is 10.0 Å². The van der Waals surface area contributed by atoms with Crippen LogP contribution in [-0.2, 0) is 10.0 Å². The second-order valence-electron chi connectivity index (χ2n) is 6.12. The first kappa shape index (κ1) is 16.9. The van der Waals surface area contributed by atoms with Crippen LogP contribution in [0.25, 0.3) is 0 Å². The molecule has 24 heavy (non-hydrogen) atoms. The lowest BCUT2D eigenvalue weighted by molar-refractivity contribution is 0.384. The van der Waals surface area contributed by atoms with Gasteiger partial charge >= 0.3 is 0 Å². The molecule has 0 aliphatic carbocycles. The highest BCUT2D eigenvalue weighted by atomic mass is 32.2. The van der Waals surface area contributed by atoms with E-state index in [2.05, 4.69) is 0 Å². The van der Waals surface area contributed by atoms with E-state index in [-0.39, 0.29) is 5.82 Å². The summed E-state index contributed by atoms with van der Waals surface area (Å²) in [5, 5.41) is 0. The Bertz CT molecular complexity index is 844. The molecule has 1 aliphatic rings. The van der Waals surface area contributed by atoms with Crippen LogP contribution in [0.5, 0.6) is 0 Å². The van der Waals surface area contributed by atoms with Crippen LogP contribution in [0.15, 0.2) is 47.4 Å². The van der Waals surface area contributed by atoms with Gasteiger partial charge in [0.25, 0.3) is 0 Å². The van der Waals surface area contributed by atoms with Crippen molar-refractivity contribution in [1.29, 1.82) is 0 Å². The Morgan fingerprint density at radius 3 is 2.25 bits per heavy atom. The molecule has 4 nitrogen and oxygen atoms in total. The first-order valence-electron chi connectivity index (χ1n) is 7.96. The van der Waals surface area contributed by atoms with Crippen molar-refractivity contribution in [1.82, 2.24) is 4.31 Å². The average molecular weight is 348 g/mol. The number of nitrogens with zero attached hydrogens (tertiary/aromatic N) is 2. The lowest BCUT2D eigenvalue weighted by Gasteiger charge is -2.35. The Balaban J connectivity index is 1.74. The monoisotopic (exact) mass is 348 g/mol. The molecule has 0 unspecified atom stereocenters. The SMILES string of the molecule is Cc1ccc(S(=O)(=O)N2CCN(c3cccc(F)c3)CC2)cc1C. The summed E-state index contributed by atoms with van der Waals surface area (Å²) in [6.45, 7) is 5.76. The molecule has 1 saturated heterocycles. The molecular weight excluding hydrogens is 327 g/mol. The maximum atomic E-state index is 13.3. The normalized spacial score (nSPS) is 16.4. The first-order chi connectivity index (χ1) is 11.4. The minimum atomic E-state index is -3.48. The van der Waals surface area contributed by atoms with E-state index in [4.69, 9.17) is 0 Å². The van der Waals surface area contributed by atoms with E-state index in [1.54, 1.807) is 18.2 Å². The van der Waals surface area contributed by atoms with E-state index in [1.165, 1.54) is 16.4 Å². The van der Waals surface area contributed by atoms with Gasteiger partial charge in [-0.2, -0.15) is 4.31 Å². The molecule has 2 aromatic rings. The van der Waals surface area contributed by atoms with Crippen LogP contribution in [0.3, 0.4) is 0 Å². The average Bonchev–Trinajstić information content (AvgIpc) is 2.57. The fourth-order valence-corrected chi connectivity index (χ4v) is 4.39. The van der Waals surface area contributed by atoms with Gasteiger partial charge in [-0.25, -0.2) is 12.8 Å². The molecule has 0 spiro atoms. The topological polar surface area (TPSA) is 40.6 Å². The first-order valence-corrected chi connectivity index (χ1v) is 9.40. The number of aryl methyl sites for hydroxylation is 2. The van der Waals surface area contributed by atoms with E-state index in [0.717, 1.165) is 16.8 Å². The largest absolute Gasteiger partial charge is 0.369 e. The van der Waals surface area contributed by atoms with E-state index in [1.807, 2.05) is 30.9 Å². The predicted octanol–water partition coefficient (Wildman–Crippen LogP) is 2.95. The van der Waals surface area contributed by atoms with Crippen LogP contribution < -0.4 is 4.90 Å². The molecule has 6 heteroatoms. The smallest absolute Gasteiger partial charge is 0.243 e. The van der Waals surface area contributed by atoms with Crippen molar-refractivity contribution in [2.45, 2.75) is 18.7 Å². The molecule has 0 atom stereocenters. The highest BCUT2D eigenvalue weighted by molar-refractivity contribution is 7.89. The minimum absolute atomic E-state index is 0.280. The summed E-state index contributed by atoms with van der Waals surface area (Å²) in [6.07, 6.45) is 0. The van der Waals surface area contributed by atoms with Crippen LogP contribution >= 0.6 is 0 Å². The Morgan fingerprint density at radius 1 is 0.917 bits per heavy atom. The van der Waals surface area contributed by atoms with E-state index >= 15 is 0 Å². The second-order valence-corrected chi connectivity index (χ2v) is 8.06. The highest BCUT2D eigenvalue weighted by Gasteiger charge is 2.28. The lowest BCUT2D eigenvalue weighted by Crippen LogP contribution is -2.48. The van der Waals surface area contributed by atoms with E-state index in [0.29, 0.717) is 31.1 Å². The van der Waals surface area contributed by atoms with Crippen molar-refractivity contribution < 1.29 is 12.8 Å². The molecule has 128 valence electrons. The summed E-state index contributed by atoms with van der Waals surface area (Å²) < 4.78 is 40.4. The summed E-state index contributed by atoms with van der Waals surface area (Å²) in [7, 11) is -3.48. The fourth-order valence-electron chi connectivity index (χ4n) is 2.88. The van der Waals surface area contributed by atoms with Crippen molar-refractivity contribution >= 4 is 15.7 Å². The number of halogens is 1. The highest BCUT2D eigenvalue weighted by Crippen LogP contribution is 2.23. The van der Waals surface area contributed by atoms with Gasteiger partial charge in [-0.1, -0.05) is 12.1 Å². The molecule has 0 N–H and O–H groups in total. The molecule has 1 aliphatic heterocycles. The van der Waals surface area contributed by atoms with Crippen LogP contribution in [0.2, 0.25) is 0 Å². The van der Waals surface area contributed by atoms with Gasteiger partial charge in [-0.3, -0.25) is 0 Å². The van der Waals surface area contributed by atoms with Gasteiger partial charge in [0.05, 0.1) is 4.90 Å². The summed E-state index contributed by atoms with van der Waals surface area (Å²) in [6, 6.07) is 11.6. The number of benzene rings is 2. The van der Waals surface area contributed by atoms with Crippen LogP contribution in [-0.4, -0.2) is 38.9 Å². The Labute approximate surface area is 142 Å². The Morgan fingerprint density at radius 2 is 1.62 bits per heavy atom. The van der Waals surface area contributed by atoms with Crippen molar-refractivity contribution in [3.05, 3.63) is 59.4 Å². The number of sulfonamides is 1. The summed E-state index contributed by atoms with van der Waals surface area (Å²) in [5.74, 6) is -0.280. The molecule has 3 rings (SSSR count). The molecule has 2 aromatic carbocycles. The molecule has 0 amide bonds. The third-order valence-corrected chi connectivity index (χ3v) is 6.42. The molecule has 1 heterocycles. The summed E-state index contributed by atoms with van der Waals surface area (Å²) >= 11 is 0. The molecule has 0 radical (unpaired) electrons. The minimum Gasteiger partial charge on any atom is -0.369 e. The van der Waals surface area contributed by atoms with Crippen molar-refractivity contribution in [3.8, 4) is 0 Å². The number of rotatable bonds is 3. The van der Waals surface area contributed by atoms with Gasteiger partial charge in [0.1, 0.15) is 5.82 Å². The zero-order valence-electron chi connectivity index (χ0n) is 13.9. The zero-order valence-corrected chi connectivity index (χ0v) is 14.7. The van der Waals surface area contributed by atoms with Gasteiger partial charge < -0.3 is 4.90 Å². The third kappa shape index (κ3) is 3.30. The molecule has 1 fully saturated rings. The number of hydrogen-bond donors (Lipinski definition) is 0. The van der Waals surface area contributed by atoms with E-state index < -0.39 is 10.0 Å². The van der Waals surface area contributed by atoms with Crippen molar-refractivity contribution in [2.75, 3.05) is 31.1 Å². The van der Waals surface area contributed by atoms with Crippen molar-refractivity contribution in [2.24, 2.45) is 0 Å². The quantitative estimate of drug-likeness (QED) is 0.856. The fraction of sp³-hybridized carbons (Fsp3) is 0.333. The molecular formula is C18H21FN2O2S. The maximum absolute atomic E-state index is 13.3. The standard InChI is InChI=1S/C18H21FN2O2S/c1-14-6-7-18(12-15(14)2)24(22,23)21-10-8-20(9-11-21)17-5-3-4-16(19)13-17/h3-7,12-13H,8-11H2,1-2H3. The molecule has 0 bridgehead atoms. The van der Waals surface area contributed by atoms with Crippen LogP contribution in [0, 0.1) is 19.7 Å². The number of hydrogen-bond acceptors (Lipinski definition) is 3. The zero-order chi connectivity index (χ0) is 17.3. The molecule has 0 aromatic heterocycles. The van der Waals surface area contributed by atoms with Gasteiger partial charge in [-0.05, 0) is 55.3 Å². The number of anilines is 1. The van der Waals surface area contributed by atoms with E-state index in [9.17, 15) is 12.8 Å². The Hall–Kier alpha value is -1.92. The Kier molecular flexibility index (Phi) is 4.60. The van der Waals surface area contributed by atoms with Gasteiger partial charge in [-0.15, -0.1) is 0 Å². The molecule has 0 saturated carbocycles. The lowest BCUT2D eigenvalue weighted by atomic mass is 10.1. The maximum Gasteiger partial charge on any atom is 0.243 e. The summed E-state index contributed by atoms with van der Waals surface area (Å²) in [4.78, 5) is 2.35. The summed E-state index contributed by atoms with van der Waals surface area (Å²) in [5.41, 5.74) is 2.83. The number of piperazine rings is 1. The third-order valence-electron chi connectivity index (χ3n) is 4.53. The predicted molar refractivity (Wildman–Crippen MR) is 93.3 cm³/mol. The second kappa shape index (κ2) is 6.53. The van der Waals surface area contributed by atoms with Crippen LogP contribution in [0.4, 0.5) is 10.1 Å². The van der Waals surface area contributed by atoms with Gasteiger partial charge in [0, 0.05) is 31.9 Å². The van der Waals surface area contributed by atoms with Crippen LogP contribution in [0.1, 0.15) is 11.1 Å². The van der Waals surface area contributed by atoms with Gasteiger partial charge in [0.15, 0.2) is 0 Å².